The van der Waals surface area contributed by atoms with Crippen LogP contribution in [-0.4, -0.2) is 4.57 Å². The molecule has 0 atom stereocenters. The van der Waals surface area contributed by atoms with Crippen molar-refractivity contribution < 1.29 is 22.0 Å². The molecule has 2 nitrogen and oxygen atoms in total. The monoisotopic (exact) mass is 325 g/mol. The van der Waals surface area contributed by atoms with E-state index in [4.69, 9.17) is 0 Å². The highest BCUT2D eigenvalue weighted by Crippen LogP contribution is 2.30. The molecule has 2 aromatic carbocycles. The van der Waals surface area contributed by atoms with Gasteiger partial charge in [-0.05, 0) is 12.1 Å². The fraction of sp³-hybridized carbons (Fsp3) is 0.0625. The molecule has 118 valence electrons. The first kappa shape index (κ1) is 15.2. The minimum absolute atomic E-state index is 0.108. The van der Waals surface area contributed by atoms with Gasteiger partial charge in [0.05, 0.1) is 16.6 Å². The third kappa shape index (κ3) is 2.11. The van der Waals surface area contributed by atoms with Gasteiger partial charge in [0.1, 0.15) is 0 Å². The van der Waals surface area contributed by atoms with Crippen LogP contribution < -0.4 is 5.43 Å². The Balaban J connectivity index is 2.48. The van der Waals surface area contributed by atoms with Gasteiger partial charge >= 0.3 is 0 Å². The molecular formula is C16H8F5NO. The van der Waals surface area contributed by atoms with Crippen LogP contribution in [0.2, 0.25) is 0 Å². The van der Waals surface area contributed by atoms with Gasteiger partial charge in [-0.2, -0.15) is 0 Å². The Labute approximate surface area is 126 Å². The van der Waals surface area contributed by atoms with Crippen LogP contribution >= 0.6 is 0 Å². The van der Waals surface area contributed by atoms with Gasteiger partial charge in [0.15, 0.2) is 28.7 Å². The largest absolute Gasteiger partial charge is 0.350 e. The summed E-state index contributed by atoms with van der Waals surface area (Å²) in [5.74, 6) is -10.5. The molecule has 0 aliphatic carbocycles. The van der Waals surface area contributed by atoms with Crippen molar-refractivity contribution in [3.8, 4) is 11.1 Å². The van der Waals surface area contributed by atoms with Gasteiger partial charge in [-0.15, -0.1) is 0 Å². The van der Waals surface area contributed by atoms with E-state index in [2.05, 4.69) is 0 Å². The molecule has 0 bridgehead atoms. The van der Waals surface area contributed by atoms with E-state index in [1.807, 2.05) is 0 Å². The molecule has 0 unspecified atom stereocenters. The summed E-state index contributed by atoms with van der Waals surface area (Å²) in [6.45, 7) is 0. The van der Waals surface area contributed by atoms with Crippen molar-refractivity contribution in [2.45, 2.75) is 0 Å². The fourth-order valence-electron chi connectivity index (χ4n) is 2.46. The number of aryl methyl sites for hydroxylation is 1. The molecule has 0 saturated heterocycles. The van der Waals surface area contributed by atoms with Crippen molar-refractivity contribution in [2.75, 3.05) is 0 Å². The van der Waals surface area contributed by atoms with Crippen LogP contribution in [0.15, 0.2) is 35.3 Å². The number of rotatable bonds is 1. The van der Waals surface area contributed by atoms with Gasteiger partial charge in [-0.3, -0.25) is 4.79 Å². The van der Waals surface area contributed by atoms with Crippen LogP contribution in [0.4, 0.5) is 22.0 Å². The average molecular weight is 325 g/mol. The maximum absolute atomic E-state index is 13.9. The van der Waals surface area contributed by atoms with E-state index < -0.39 is 45.6 Å². The fourth-order valence-corrected chi connectivity index (χ4v) is 2.46. The highest BCUT2D eigenvalue weighted by Gasteiger charge is 2.28. The number of benzene rings is 2. The van der Waals surface area contributed by atoms with E-state index in [1.165, 1.54) is 23.7 Å². The van der Waals surface area contributed by atoms with Crippen molar-refractivity contribution >= 4 is 10.9 Å². The smallest absolute Gasteiger partial charge is 0.200 e. The summed E-state index contributed by atoms with van der Waals surface area (Å²) in [7, 11) is 1.50. The van der Waals surface area contributed by atoms with Gasteiger partial charge in [0.25, 0.3) is 0 Å². The van der Waals surface area contributed by atoms with E-state index in [1.54, 1.807) is 12.1 Å². The van der Waals surface area contributed by atoms with E-state index in [0.717, 1.165) is 6.20 Å². The number of halogens is 5. The second kappa shape index (κ2) is 5.19. The van der Waals surface area contributed by atoms with E-state index >= 15 is 0 Å². The quantitative estimate of drug-likeness (QED) is 0.378. The molecule has 3 rings (SSSR count). The number of nitrogens with zero attached hydrogens (tertiary/aromatic N) is 1. The summed E-state index contributed by atoms with van der Waals surface area (Å²) < 4.78 is 69.1. The number of aromatic nitrogens is 1. The first-order chi connectivity index (χ1) is 10.8. The van der Waals surface area contributed by atoms with Crippen LogP contribution in [0.25, 0.3) is 22.0 Å². The molecule has 0 aliphatic rings. The standard InChI is InChI=1S/C16H8F5NO/c1-22-6-8(16(23)7-4-2-3-5-9(7)22)10-11(17)13(19)15(21)14(20)12(10)18/h2-6H,1H3. The molecule has 0 radical (unpaired) electrons. The molecule has 0 spiro atoms. The van der Waals surface area contributed by atoms with Crippen molar-refractivity contribution in [3.05, 3.63) is 69.8 Å². The molecule has 7 heteroatoms. The lowest BCUT2D eigenvalue weighted by atomic mass is 10.0. The molecule has 0 fully saturated rings. The van der Waals surface area contributed by atoms with E-state index in [9.17, 15) is 26.7 Å². The van der Waals surface area contributed by atoms with Crippen LogP contribution in [-0.2, 0) is 7.05 Å². The summed E-state index contributed by atoms with van der Waals surface area (Å²) in [5.41, 5.74) is -2.18. The molecule has 0 N–H and O–H groups in total. The highest BCUT2D eigenvalue weighted by atomic mass is 19.2. The molecule has 0 amide bonds. The van der Waals surface area contributed by atoms with Gasteiger partial charge in [-0.25, -0.2) is 22.0 Å². The minimum Gasteiger partial charge on any atom is -0.350 e. The van der Waals surface area contributed by atoms with Gasteiger partial charge in [0, 0.05) is 18.6 Å². The van der Waals surface area contributed by atoms with Gasteiger partial charge in [-0.1, -0.05) is 12.1 Å². The Morgan fingerprint density at radius 2 is 1.35 bits per heavy atom. The van der Waals surface area contributed by atoms with Crippen molar-refractivity contribution in [1.82, 2.24) is 4.57 Å². The molecule has 1 heterocycles. The van der Waals surface area contributed by atoms with Crippen molar-refractivity contribution in [3.63, 3.8) is 0 Å². The summed E-state index contributed by atoms with van der Waals surface area (Å²) in [6.07, 6.45) is 1.04. The first-order valence-corrected chi connectivity index (χ1v) is 6.44. The number of pyridine rings is 1. The van der Waals surface area contributed by atoms with E-state index in [-0.39, 0.29) is 5.39 Å². The zero-order valence-corrected chi connectivity index (χ0v) is 11.6. The molecule has 0 saturated carbocycles. The second-order valence-corrected chi connectivity index (χ2v) is 4.94. The first-order valence-electron chi connectivity index (χ1n) is 6.44. The summed E-state index contributed by atoms with van der Waals surface area (Å²) in [5, 5.41) is 0.108. The topological polar surface area (TPSA) is 22.0 Å². The molecule has 1 aromatic heterocycles. The molecule has 0 aliphatic heterocycles. The van der Waals surface area contributed by atoms with Gasteiger partial charge < -0.3 is 4.57 Å². The third-order valence-corrected chi connectivity index (χ3v) is 3.58. The molecular weight excluding hydrogens is 317 g/mol. The number of hydrogen-bond acceptors (Lipinski definition) is 1. The van der Waals surface area contributed by atoms with Crippen LogP contribution in [0, 0.1) is 29.1 Å². The van der Waals surface area contributed by atoms with Gasteiger partial charge in [0.2, 0.25) is 5.82 Å². The Morgan fingerprint density at radius 1 is 0.826 bits per heavy atom. The maximum Gasteiger partial charge on any atom is 0.200 e. The van der Waals surface area contributed by atoms with Crippen molar-refractivity contribution in [2.24, 2.45) is 7.05 Å². The summed E-state index contributed by atoms with van der Waals surface area (Å²) in [6, 6.07) is 6.19. The lowest BCUT2D eigenvalue weighted by Gasteiger charge is -2.11. The Hall–Kier alpha value is -2.70. The lowest BCUT2D eigenvalue weighted by Crippen LogP contribution is -2.14. The molecule has 3 aromatic rings. The number of fused-ring (bicyclic) bond motifs is 1. The predicted molar refractivity (Wildman–Crippen MR) is 74.4 cm³/mol. The lowest BCUT2D eigenvalue weighted by molar-refractivity contribution is 0.381. The zero-order chi connectivity index (χ0) is 16.9. The average Bonchev–Trinajstić information content (AvgIpc) is 2.56. The normalized spacial score (nSPS) is 11.2. The zero-order valence-electron chi connectivity index (χ0n) is 11.6. The van der Waals surface area contributed by atoms with Crippen LogP contribution in [0.3, 0.4) is 0 Å². The Kier molecular flexibility index (Phi) is 3.43. The number of para-hydroxylation sites is 1. The van der Waals surface area contributed by atoms with E-state index in [0.29, 0.717) is 5.52 Å². The molecule has 23 heavy (non-hydrogen) atoms. The Morgan fingerprint density at radius 3 is 1.96 bits per heavy atom. The second-order valence-electron chi connectivity index (χ2n) is 4.94. The minimum atomic E-state index is -2.26. The Bertz CT molecular complexity index is 980. The maximum atomic E-state index is 13.9. The highest BCUT2D eigenvalue weighted by molar-refractivity contribution is 5.84. The number of hydrogen-bond donors (Lipinski definition) is 0. The predicted octanol–water partition coefficient (Wildman–Crippen LogP) is 3.90. The van der Waals surface area contributed by atoms with Crippen LogP contribution in [0.1, 0.15) is 0 Å². The van der Waals surface area contributed by atoms with Crippen molar-refractivity contribution in [1.29, 1.82) is 0 Å². The van der Waals surface area contributed by atoms with Crippen LogP contribution in [0.5, 0.6) is 0 Å². The SMILES string of the molecule is Cn1cc(-c2c(F)c(F)c(F)c(F)c2F)c(=O)c2ccccc21. The third-order valence-electron chi connectivity index (χ3n) is 3.58. The summed E-state index contributed by atoms with van der Waals surface area (Å²) >= 11 is 0. The summed E-state index contributed by atoms with van der Waals surface area (Å²) in [4.78, 5) is 12.4.